The number of nitrogens with zero attached hydrogens (tertiary/aromatic N) is 3. The molecule has 0 radical (unpaired) electrons. The number of ether oxygens (including phenoxy) is 1. The maximum atomic E-state index is 12.5. The molecule has 0 unspecified atom stereocenters. The fraction of sp³-hybridized carbons (Fsp3) is 0.176. The molecule has 6 nitrogen and oxygen atoms in total. The zero-order valence-electron chi connectivity index (χ0n) is 13.4. The first kappa shape index (κ1) is 17.6. The third-order valence-electron chi connectivity index (χ3n) is 3.50. The van der Waals surface area contributed by atoms with Crippen molar-refractivity contribution < 1.29 is 22.7 Å². The van der Waals surface area contributed by atoms with E-state index in [0.717, 1.165) is 17.8 Å². The van der Waals surface area contributed by atoms with Crippen molar-refractivity contribution in [1.82, 2.24) is 14.4 Å². The Labute approximate surface area is 144 Å². The summed E-state index contributed by atoms with van der Waals surface area (Å²) >= 11 is 0. The molecule has 0 aliphatic rings. The number of carbonyl (C=O) groups excluding carboxylic acids is 1. The van der Waals surface area contributed by atoms with Crippen molar-refractivity contribution in [2.24, 2.45) is 0 Å². The van der Waals surface area contributed by atoms with E-state index in [1.807, 2.05) is 6.92 Å². The molecular formula is C17H12F3N3O3. The highest BCUT2D eigenvalue weighted by Gasteiger charge is 2.32. The minimum atomic E-state index is -4.59. The van der Waals surface area contributed by atoms with E-state index in [1.165, 1.54) is 10.5 Å². The van der Waals surface area contributed by atoms with Crippen LogP contribution in [-0.4, -0.2) is 20.3 Å². The molecule has 0 aromatic carbocycles. The molecule has 26 heavy (non-hydrogen) atoms. The number of fused-ring (bicyclic) bond motifs is 1. The molecule has 3 aromatic heterocycles. The van der Waals surface area contributed by atoms with Crippen LogP contribution < -0.4 is 5.56 Å². The Morgan fingerprint density at radius 1 is 1.23 bits per heavy atom. The number of rotatable bonds is 3. The predicted octanol–water partition coefficient (Wildman–Crippen LogP) is 2.77. The lowest BCUT2D eigenvalue weighted by Gasteiger charge is -2.08. The van der Waals surface area contributed by atoms with Gasteiger partial charge in [0.15, 0.2) is 0 Å². The van der Waals surface area contributed by atoms with E-state index in [0.29, 0.717) is 11.7 Å². The van der Waals surface area contributed by atoms with Crippen molar-refractivity contribution in [2.45, 2.75) is 19.7 Å². The summed E-state index contributed by atoms with van der Waals surface area (Å²) in [7, 11) is 0. The number of hydrogen-bond acceptors (Lipinski definition) is 5. The topological polar surface area (TPSA) is 73.6 Å². The molecule has 0 aliphatic heterocycles. The van der Waals surface area contributed by atoms with Crippen LogP contribution in [0.4, 0.5) is 13.2 Å². The van der Waals surface area contributed by atoms with Gasteiger partial charge in [0.1, 0.15) is 17.9 Å². The van der Waals surface area contributed by atoms with Crippen molar-refractivity contribution in [3.8, 4) is 0 Å². The maximum Gasteiger partial charge on any atom is 0.433 e. The van der Waals surface area contributed by atoms with E-state index in [4.69, 9.17) is 4.74 Å². The quantitative estimate of drug-likeness (QED) is 0.669. The first-order valence-electron chi connectivity index (χ1n) is 7.43. The molecule has 0 saturated heterocycles. The summed E-state index contributed by atoms with van der Waals surface area (Å²) in [6.07, 6.45) is -2.16. The van der Waals surface area contributed by atoms with Gasteiger partial charge in [-0.3, -0.25) is 14.2 Å². The summed E-state index contributed by atoms with van der Waals surface area (Å²) in [5, 5.41) is 0. The number of esters is 1. The first-order valence-corrected chi connectivity index (χ1v) is 7.43. The summed E-state index contributed by atoms with van der Waals surface area (Å²) < 4.78 is 43.7. The minimum Gasteiger partial charge on any atom is -0.456 e. The van der Waals surface area contributed by atoms with Gasteiger partial charge in [0.05, 0.1) is 11.3 Å². The monoisotopic (exact) mass is 363 g/mol. The highest BCUT2D eigenvalue weighted by molar-refractivity contribution is 5.88. The van der Waals surface area contributed by atoms with Crippen molar-refractivity contribution >= 4 is 11.6 Å². The molecule has 0 atom stereocenters. The molecule has 0 fully saturated rings. The van der Waals surface area contributed by atoms with E-state index < -0.39 is 17.8 Å². The second-order valence-electron chi connectivity index (χ2n) is 5.53. The van der Waals surface area contributed by atoms with Gasteiger partial charge in [-0.2, -0.15) is 13.2 Å². The van der Waals surface area contributed by atoms with Crippen LogP contribution in [0.1, 0.15) is 27.3 Å². The van der Waals surface area contributed by atoms with Crippen LogP contribution in [-0.2, 0) is 17.5 Å². The second-order valence-corrected chi connectivity index (χ2v) is 5.53. The molecular weight excluding hydrogens is 351 g/mol. The molecule has 3 heterocycles. The van der Waals surface area contributed by atoms with E-state index in [9.17, 15) is 22.8 Å². The number of alkyl halides is 3. The third-order valence-corrected chi connectivity index (χ3v) is 3.50. The van der Waals surface area contributed by atoms with Gasteiger partial charge >= 0.3 is 12.1 Å². The Kier molecular flexibility index (Phi) is 4.45. The van der Waals surface area contributed by atoms with Gasteiger partial charge < -0.3 is 4.74 Å². The lowest BCUT2D eigenvalue weighted by Crippen LogP contribution is -2.17. The third kappa shape index (κ3) is 3.71. The smallest absolute Gasteiger partial charge is 0.433 e. The van der Waals surface area contributed by atoms with Gasteiger partial charge in [-0.15, -0.1) is 0 Å². The number of hydrogen-bond donors (Lipinski definition) is 0. The SMILES string of the molecule is Cc1ccc2nc(COC(=O)c3ccc(C(F)(F)F)nc3)cc(=O)n2c1. The van der Waals surface area contributed by atoms with Crippen LogP contribution in [0.25, 0.3) is 5.65 Å². The highest BCUT2D eigenvalue weighted by atomic mass is 19.4. The highest BCUT2D eigenvalue weighted by Crippen LogP contribution is 2.27. The van der Waals surface area contributed by atoms with Gasteiger partial charge in [0, 0.05) is 18.5 Å². The Hall–Kier alpha value is -3.23. The van der Waals surface area contributed by atoms with Crippen LogP contribution in [0.5, 0.6) is 0 Å². The van der Waals surface area contributed by atoms with Crippen molar-refractivity contribution in [3.05, 3.63) is 75.6 Å². The number of halogens is 3. The van der Waals surface area contributed by atoms with E-state index in [-0.39, 0.29) is 23.4 Å². The summed E-state index contributed by atoms with van der Waals surface area (Å²) in [6.45, 7) is 1.54. The Morgan fingerprint density at radius 3 is 2.65 bits per heavy atom. The van der Waals surface area contributed by atoms with Crippen LogP contribution in [0, 0.1) is 6.92 Å². The van der Waals surface area contributed by atoms with Crippen molar-refractivity contribution in [1.29, 1.82) is 0 Å². The Balaban J connectivity index is 1.74. The average molecular weight is 363 g/mol. The number of aryl methyl sites for hydroxylation is 1. The van der Waals surface area contributed by atoms with Gasteiger partial charge in [-0.05, 0) is 30.7 Å². The largest absolute Gasteiger partial charge is 0.456 e. The standard InChI is InChI=1S/C17H12F3N3O3/c1-10-2-5-14-22-12(6-15(24)23(14)8-10)9-26-16(25)11-3-4-13(21-7-11)17(18,19)20/h2-8H,9H2,1H3. The molecule has 134 valence electrons. The molecule has 0 bridgehead atoms. The van der Waals surface area contributed by atoms with Crippen LogP contribution in [0.2, 0.25) is 0 Å². The normalized spacial score (nSPS) is 11.5. The van der Waals surface area contributed by atoms with Crippen molar-refractivity contribution in [2.75, 3.05) is 0 Å². The van der Waals surface area contributed by atoms with Gasteiger partial charge in [0.25, 0.3) is 5.56 Å². The summed E-state index contributed by atoms with van der Waals surface area (Å²) in [5.41, 5.74) is -0.0616. The zero-order chi connectivity index (χ0) is 18.9. The molecule has 9 heteroatoms. The molecule has 3 aromatic rings. The number of carbonyl (C=O) groups is 1. The molecule has 0 aliphatic carbocycles. The van der Waals surface area contributed by atoms with Gasteiger partial charge in [-0.25, -0.2) is 9.78 Å². The molecule has 0 amide bonds. The fourth-order valence-electron chi connectivity index (χ4n) is 2.24. The summed E-state index contributed by atoms with van der Waals surface area (Å²) in [4.78, 5) is 31.4. The lowest BCUT2D eigenvalue weighted by atomic mass is 10.2. The average Bonchev–Trinajstić information content (AvgIpc) is 2.59. The summed E-state index contributed by atoms with van der Waals surface area (Å²) in [6, 6.07) is 6.33. The number of aromatic nitrogens is 3. The first-order chi connectivity index (χ1) is 12.2. The van der Waals surface area contributed by atoms with Crippen LogP contribution in [0.15, 0.2) is 47.5 Å². The van der Waals surface area contributed by atoms with E-state index >= 15 is 0 Å². The molecule has 0 spiro atoms. The minimum absolute atomic E-state index is 0.133. The van der Waals surface area contributed by atoms with E-state index in [1.54, 1.807) is 18.3 Å². The summed E-state index contributed by atoms with van der Waals surface area (Å²) in [5.74, 6) is -0.864. The second kappa shape index (κ2) is 6.58. The van der Waals surface area contributed by atoms with Crippen LogP contribution in [0.3, 0.4) is 0 Å². The lowest BCUT2D eigenvalue weighted by molar-refractivity contribution is -0.141. The Bertz CT molecular complexity index is 1030. The van der Waals surface area contributed by atoms with Gasteiger partial charge in [-0.1, -0.05) is 6.07 Å². The Morgan fingerprint density at radius 2 is 2.00 bits per heavy atom. The number of pyridine rings is 2. The van der Waals surface area contributed by atoms with Crippen LogP contribution >= 0.6 is 0 Å². The maximum absolute atomic E-state index is 12.5. The zero-order valence-corrected chi connectivity index (χ0v) is 13.4. The predicted molar refractivity (Wildman–Crippen MR) is 84.6 cm³/mol. The fourth-order valence-corrected chi connectivity index (χ4v) is 2.24. The molecule has 0 N–H and O–H groups in total. The van der Waals surface area contributed by atoms with Gasteiger partial charge in [0.2, 0.25) is 0 Å². The van der Waals surface area contributed by atoms with Crippen molar-refractivity contribution in [3.63, 3.8) is 0 Å². The van der Waals surface area contributed by atoms with E-state index in [2.05, 4.69) is 9.97 Å². The molecule has 0 saturated carbocycles. The molecule has 3 rings (SSSR count).